The van der Waals surface area contributed by atoms with Crippen molar-refractivity contribution in [1.29, 1.82) is 0 Å². The normalized spacial score (nSPS) is 13.1. The second-order valence-corrected chi connectivity index (χ2v) is 8.00. The Morgan fingerprint density at radius 2 is 1.74 bits per heavy atom. The monoisotopic (exact) mass is 407 g/mol. The van der Waals surface area contributed by atoms with Gasteiger partial charge in [0.05, 0.1) is 30.0 Å². The summed E-state index contributed by atoms with van der Waals surface area (Å²) in [5.74, 6) is 1.01. The van der Waals surface area contributed by atoms with Crippen LogP contribution in [0.3, 0.4) is 0 Å². The van der Waals surface area contributed by atoms with E-state index in [0.717, 1.165) is 33.7 Å². The van der Waals surface area contributed by atoms with Crippen molar-refractivity contribution in [3.05, 3.63) is 102 Å². The van der Waals surface area contributed by atoms with Crippen molar-refractivity contribution < 1.29 is 4.79 Å². The molecule has 5 aromatic rings. The number of hydrogen-bond acceptors (Lipinski definition) is 2. The van der Waals surface area contributed by atoms with Gasteiger partial charge in [-0.2, -0.15) is 5.10 Å². The summed E-state index contributed by atoms with van der Waals surface area (Å²) in [6, 6.07) is 20.3. The Kier molecular flexibility index (Phi) is 3.86. The van der Waals surface area contributed by atoms with Crippen molar-refractivity contribution in [3.8, 4) is 11.5 Å². The minimum atomic E-state index is 0.0239. The molecule has 1 N–H and O–H groups in total. The molecular formula is C25H21N5O. The Morgan fingerprint density at radius 3 is 2.55 bits per heavy atom. The standard InChI is InChI=1S/C25H21N5O/c1-17-8-10-18(11-9-17)30-24(28-12-4-5-13-28)21-15-29(16-23(21)27-30)25(31)20-14-26-22-7-3-2-6-19(20)22/h2-14,26H,15-16H2,1H3. The molecule has 0 atom stereocenters. The van der Waals surface area contributed by atoms with Crippen LogP contribution in [-0.2, 0) is 13.1 Å². The molecule has 6 heteroatoms. The van der Waals surface area contributed by atoms with Gasteiger partial charge >= 0.3 is 0 Å². The summed E-state index contributed by atoms with van der Waals surface area (Å²) in [6.07, 6.45) is 5.85. The number of carbonyl (C=O) groups is 1. The van der Waals surface area contributed by atoms with E-state index in [1.807, 2.05) is 64.6 Å². The number of aromatic nitrogens is 4. The summed E-state index contributed by atoms with van der Waals surface area (Å²) in [4.78, 5) is 18.4. The largest absolute Gasteiger partial charge is 0.360 e. The summed E-state index contributed by atoms with van der Waals surface area (Å²) in [5, 5.41) is 5.87. The van der Waals surface area contributed by atoms with E-state index >= 15 is 0 Å². The number of nitrogens with zero attached hydrogens (tertiary/aromatic N) is 4. The SMILES string of the molecule is Cc1ccc(-n2nc3c(c2-n2cccc2)CN(C(=O)c2c[nH]c4ccccc24)C3)cc1. The van der Waals surface area contributed by atoms with Crippen LogP contribution in [0.1, 0.15) is 27.2 Å². The maximum absolute atomic E-state index is 13.3. The molecule has 1 aliphatic rings. The second-order valence-electron chi connectivity index (χ2n) is 8.00. The quantitative estimate of drug-likeness (QED) is 0.475. The minimum Gasteiger partial charge on any atom is -0.360 e. The molecule has 1 amide bonds. The molecule has 3 aromatic heterocycles. The molecule has 2 aromatic carbocycles. The first-order valence-corrected chi connectivity index (χ1v) is 10.4. The number of aromatic amines is 1. The van der Waals surface area contributed by atoms with Gasteiger partial charge in [-0.15, -0.1) is 0 Å². The number of benzene rings is 2. The first-order valence-electron chi connectivity index (χ1n) is 10.4. The van der Waals surface area contributed by atoms with E-state index in [1.54, 1.807) is 0 Å². The van der Waals surface area contributed by atoms with Crippen LogP contribution in [0, 0.1) is 6.92 Å². The second kappa shape index (κ2) is 6.74. The predicted octanol–water partition coefficient (Wildman–Crippen LogP) is 4.61. The minimum absolute atomic E-state index is 0.0239. The molecule has 4 heterocycles. The fourth-order valence-corrected chi connectivity index (χ4v) is 4.37. The van der Waals surface area contributed by atoms with Gasteiger partial charge in [-0.3, -0.25) is 4.79 Å². The number of hydrogen-bond donors (Lipinski definition) is 1. The van der Waals surface area contributed by atoms with Crippen molar-refractivity contribution >= 4 is 16.8 Å². The van der Waals surface area contributed by atoms with Crippen LogP contribution in [-0.4, -0.2) is 30.1 Å². The molecule has 152 valence electrons. The van der Waals surface area contributed by atoms with E-state index in [-0.39, 0.29) is 5.91 Å². The summed E-state index contributed by atoms with van der Waals surface area (Å²) in [5.41, 5.74) is 5.93. The first kappa shape index (κ1) is 17.8. The van der Waals surface area contributed by atoms with Crippen molar-refractivity contribution in [3.63, 3.8) is 0 Å². The van der Waals surface area contributed by atoms with Gasteiger partial charge in [-0.25, -0.2) is 4.68 Å². The van der Waals surface area contributed by atoms with Gasteiger partial charge in [-0.1, -0.05) is 35.9 Å². The summed E-state index contributed by atoms with van der Waals surface area (Å²) in [6.45, 7) is 3.11. The van der Waals surface area contributed by atoms with Gasteiger partial charge in [0.1, 0.15) is 5.82 Å². The first-order chi connectivity index (χ1) is 15.2. The van der Waals surface area contributed by atoms with Crippen LogP contribution in [0.2, 0.25) is 0 Å². The lowest BCUT2D eigenvalue weighted by Crippen LogP contribution is -2.26. The lowest BCUT2D eigenvalue weighted by molar-refractivity contribution is 0.0751. The molecule has 0 aliphatic carbocycles. The molecule has 0 saturated carbocycles. The molecule has 0 radical (unpaired) electrons. The Labute approximate surface area is 179 Å². The lowest BCUT2D eigenvalue weighted by Gasteiger charge is -2.17. The fraction of sp³-hybridized carbons (Fsp3) is 0.120. The molecule has 0 saturated heterocycles. The molecule has 6 nitrogen and oxygen atoms in total. The highest BCUT2D eigenvalue weighted by atomic mass is 16.2. The number of H-pyrrole nitrogens is 1. The maximum Gasteiger partial charge on any atom is 0.256 e. The van der Waals surface area contributed by atoms with E-state index in [1.165, 1.54) is 5.56 Å². The zero-order chi connectivity index (χ0) is 20.9. The number of fused-ring (bicyclic) bond motifs is 2. The van der Waals surface area contributed by atoms with E-state index < -0.39 is 0 Å². The van der Waals surface area contributed by atoms with Crippen LogP contribution < -0.4 is 0 Å². The molecule has 6 rings (SSSR count). The van der Waals surface area contributed by atoms with Crippen molar-refractivity contribution in [2.75, 3.05) is 0 Å². The molecule has 0 bridgehead atoms. The maximum atomic E-state index is 13.3. The van der Waals surface area contributed by atoms with Gasteiger partial charge in [0, 0.05) is 35.1 Å². The topological polar surface area (TPSA) is 58.9 Å². The van der Waals surface area contributed by atoms with E-state index in [9.17, 15) is 4.79 Å². The van der Waals surface area contributed by atoms with Crippen molar-refractivity contribution in [2.45, 2.75) is 20.0 Å². The number of nitrogens with one attached hydrogen (secondary N) is 1. The van der Waals surface area contributed by atoms with Crippen molar-refractivity contribution in [2.24, 2.45) is 0 Å². The number of rotatable bonds is 3. The van der Waals surface area contributed by atoms with Gasteiger partial charge in [0.25, 0.3) is 5.91 Å². The van der Waals surface area contributed by atoms with Crippen LogP contribution in [0.25, 0.3) is 22.4 Å². The Morgan fingerprint density at radius 1 is 0.968 bits per heavy atom. The number of carbonyl (C=O) groups excluding carboxylic acids is 1. The molecule has 0 spiro atoms. The third-order valence-corrected chi connectivity index (χ3v) is 5.96. The molecule has 0 unspecified atom stereocenters. The highest BCUT2D eigenvalue weighted by molar-refractivity contribution is 6.06. The van der Waals surface area contributed by atoms with E-state index in [0.29, 0.717) is 18.7 Å². The average Bonchev–Trinajstić information content (AvgIpc) is 3.56. The Hall–Kier alpha value is -4.06. The third-order valence-electron chi connectivity index (χ3n) is 5.96. The number of amides is 1. The molecular weight excluding hydrogens is 386 g/mol. The highest BCUT2D eigenvalue weighted by Crippen LogP contribution is 2.32. The molecule has 0 fully saturated rings. The van der Waals surface area contributed by atoms with Gasteiger partial charge in [0.15, 0.2) is 0 Å². The van der Waals surface area contributed by atoms with Crippen LogP contribution in [0.15, 0.2) is 79.3 Å². The van der Waals surface area contributed by atoms with Crippen molar-refractivity contribution in [1.82, 2.24) is 24.2 Å². The fourth-order valence-electron chi connectivity index (χ4n) is 4.37. The number of aryl methyl sites for hydroxylation is 1. The van der Waals surface area contributed by atoms with Crippen LogP contribution in [0.5, 0.6) is 0 Å². The summed E-state index contributed by atoms with van der Waals surface area (Å²) >= 11 is 0. The van der Waals surface area contributed by atoms with E-state index in [4.69, 9.17) is 5.10 Å². The predicted molar refractivity (Wildman–Crippen MR) is 120 cm³/mol. The smallest absolute Gasteiger partial charge is 0.256 e. The zero-order valence-corrected chi connectivity index (χ0v) is 17.1. The van der Waals surface area contributed by atoms with E-state index in [2.05, 4.69) is 40.7 Å². The molecule has 1 aliphatic heterocycles. The average molecular weight is 407 g/mol. The third kappa shape index (κ3) is 2.79. The molecule has 31 heavy (non-hydrogen) atoms. The lowest BCUT2D eigenvalue weighted by atomic mass is 10.1. The van der Waals surface area contributed by atoms with Crippen LogP contribution >= 0.6 is 0 Å². The Balaban J connectivity index is 1.40. The van der Waals surface area contributed by atoms with Gasteiger partial charge in [-0.05, 0) is 37.3 Å². The summed E-state index contributed by atoms with van der Waals surface area (Å²) in [7, 11) is 0. The van der Waals surface area contributed by atoms with Gasteiger partial charge in [0.2, 0.25) is 0 Å². The number of para-hydroxylation sites is 1. The van der Waals surface area contributed by atoms with Gasteiger partial charge < -0.3 is 14.5 Å². The zero-order valence-electron chi connectivity index (χ0n) is 17.1. The van der Waals surface area contributed by atoms with Crippen LogP contribution in [0.4, 0.5) is 0 Å². The Bertz CT molecular complexity index is 1410. The highest BCUT2D eigenvalue weighted by Gasteiger charge is 2.32. The summed E-state index contributed by atoms with van der Waals surface area (Å²) < 4.78 is 4.06.